The number of carbonyl (C=O) groups is 1. The summed E-state index contributed by atoms with van der Waals surface area (Å²) in [6.07, 6.45) is -1.16. The van der Waals surface area contributed by atoms with Crippen molar-refractivity contribution in [3.63, 3.8) is 0 Å². The number of rotatable bonds is 2. The molecule has 5 nitrogen and oxygen atoms in total. The third kappa shape index (κ3) is 3.65. The van der Waals surface area contributed by atoms with E-state index in [0.717, 1.165) is 43.4 Å². The Bertz CT molecular complexity index is 878. The van der Waals surface area contributed by atoms with Gasteiger partial charge in [0.25, 0.3) is 0 Å². The van der Waals surface area contributed by atoms with Crippen molar-refractivity contribution in [3.8, 4) is 0 Å². The number of aryl methyl sites for hydroxylation is 1. The van der Waals surface area contributed by atoms with Crippen molar-refractivity contribution in [2.75, 3.05) is 26.2 Å². The highest BCUT2D eigenvalue weighted by atomic mass is 19.4. The van der Waals surface area contributed by atoms with Gasteiger partial charge in [-0.25, -0.2) is 4.79 Å². The van der Waals surface area contributed by atoms with Gasteiger partial charge >= 0.3 is 12.2 Å². The fourth-order valence-electron chi connectivity index (χ4n) is 4.34. The highest BCUT2D eigenvalue weighted by Gasteiger charge is 2.45. The first kappa shape index (κ1) is 19.0. The van der Waals surface area contributed by atoms with E-state index < -0.39 is 17.8 Å². The van der Waals surface area contributed by atoms with Crippen LogP contribution < -0.4 is 0 Å². The van der Waals surface area contributed by atoms with E-state index in [1.54, 1.807) is 4.90 Å². The largest absolute Gasteiger partial charge is 0.419 e. The second-order valence-electron chi connectivity index (χ2n) is 8.01. The number of benzene rings is 1. The molecule has 1 amide bonds. The fourth-order valence-corrected chi connectivity index (χ4v) is 4.34. The van der Waals surface area contributed by atoms with Crippen LogP contribution in [0.5, 0.6) is 0 Å². The van der Waals surface area contributed by atoms with E-state index in [1.165, 1.54) is 11.1 Å². The van der Waals surface area contributed by atoms with Crippen LogP contribution in [-0.2, 0) is 12.7 Å². The first-order valence-corrected chi connectivity index (χ1v) is 9.44. The lowest BCUT2D eigenvalue weighted by molar-refractivity contribution is -0.137. The minimum Gasteiger partial charge on any atom is -0.322 e. The van der Waals surface area contributed by atoms with Crippen molar-refractivity contribution >= 4 is 6.03 Å². The fraction of sp³-hybridized carbons (Fsp3) is 0.500. The topological polar surface area (TPSA) is 41.4 Å². The maximum atomic E-state index is 12.7. The Kier molecular flexibility index (Phi) is 4.69. The Hall–Kier alpha value is -2.35. The number of hydrogen-bond donors (Lipinski definition) is 0. The Balaban J connectivity index is 1.39. The zero-order valence-electron chi connectivity index (χ0n) is 15.7. The second kappa shape index (κ2) is 6.92. The van der Waals surface area contributed by atoms with E-state index in [0.29, 0.717) is 19.3 Å². The summed E-state index contributed by atoms with van der Waals surface area (Å²) in [5.41, 5.74) is 1.70. The average Bonchev–Trinajstić information content (AvgIpc) is 3.37. The Morgan fingerprint density at radius 2 is 1.93 bits per heavy atom. The molecule has 2 saturated heterocycles. The summed E-state index contributed by atoms with van der Waals surface area (Å²) >= 11 is 0. The zero-order valence-corrected chi connectivity index (χ0v) is 15.7. The Labute approximate surface area is 161 Å². The van der Waals surface area contributed by atoms with Crippen molar-refractivity contribution in [1.29, 1.82) is 0 Å². The van der Waals surface area contributed by atoms with Gasteiger partial charge in [-0.1, -0.05) is 24.3 Å². The first-order valence-electron chi connectivity index (χ1n) is 9.44. The van der Waals surface area contributed by atoms with Gasteiger partial charge < -0.3 is 4.90 Å². The summed E-state index contributed by atoms with van der Waals surface area (Å²) in [7, 11) is 0. The van der Waals surface area contributed by atoms with Crippen molar-refractivity contribution in [2.24, 2.45) is 5.41 Å². The third-order valence-corrected chi connectivity index (χ3v) is 5.99. The minimum absolute atomic E-state index is 0.0261. The van der Waals surface area contributed by atoms with E-state index >= 15 is 0 Å². The number of aromatic nitrogens is 2. The molecular formula is C20H23F3N4O. The third-order valence-electron chi connectivity index (χ3n) is 5.99. The lowest BCUT2D eigenvalue weighted by Gasteiger charge is -2.25. The molecule has 3 heterocycles. The summed E-state index contributed by atoms with van der Waals surface area (Å²) in [5.74, 6) is 0. The Morgan fingerprint density at radius 1 is 1.18 bits per heavy atom. The van der Waals surface area contributed by atoms with Gasteiger partial charge in [0.2, 0.25) is 0 Å². The van der Waals surface area contributed by atoms with Crippen molar-refractivity contribution < 1.29 is 18.0 Å². The molecule has 0 N–H and O–H groups in total. The van der Waals surface area contributed by atoms with Crippen LogP contribution in [0.1, 0.15) is 29.5 Å². The number of alkyl halides is 3. The van der Waals surface area contributed by atoms with E-state index in [4.69, 9.17) is 0 Å². The number of nitrogens with zero attached hydrogens (tertiary/aromatic N) is 4. The molecule has 4 rings (SSSR count). The molecule has 28 heavy (non-hydrogen) atoms. The monoisotopic (exact) mass is 392 g/mol. The SMILES string of the molecule is Cc1ccccc1CN1CCC2(CCN(C(=O)n3cc(C(F)(F)F)cn3)C2)C1. The normalized spacial score (nSPS) is 23.1. The molecule has 0 radical (unpaired) electrons. The second-order valence-corrected chi connectivity index (χ2v) is 8.01. The molecule has 1 unspecified atom stereocenters. The van der Waals surface area contributed by atoms with Gasteiger partial charge in [-0.15, -0.1) is 0 Å². The van der Waals surface area contributed by atoms with Crippen LogP contribution in [-0.4, -0.2) is 51.8 Å². The smallest absolute Gasteiger partial charge is 0.322 e. The quantitative estimate of drug-likeness (QED) is 0.781. The van der Waals surface area contributed by atoms with Gasteiger partial charge in [-0.05, 0) is 37.4 Å². The van der Waals surface area contributed by atoms with E-state index in [1.807, 2.05) is 12.1 Å². The van der Waals surface area contributed by atoms with Crippen molar-refractivity contribution in [2.45, 2.75) is 32.5 Å². The van der Waals surface area contributed by atoms with Gasteiger partial charge in [-0.2, -0.15) is 23.0 Å². The standard InChI is InChI=1S/C20H23F3N4O/c1-15-4-2-3-5-16(15)11-25-8-6-19(13-25)7-9-26(14-19)18(28)27-12-17(10-24-27)20(21,22)23/h2-5,10,12H,6-9,11,13-14H2,1H3. The van der Waals surface area contributed by atoms with Crippen LogP contribution in [0, 0.1) is 12.3 Å². The van der Waals surface area contributed by atoms with Crippen LogP contribution in [0.3, 0.4) is 0 Å². The maximum Gasteiger partial charge on any atom is 0.419 e. The van der Waals surface area contributed by atoms with Crippen molar-refractivity contribution in [1.82, 2.24) is 19.6 Å². The van der Waals surface area contributed by atoms with E-state index in [-0.39, 0.29) is 5.41 Å². The molecule has 2 fully saturated rings. The Morgan fingerprint density at radius 3 is 2.64 bits per heavy atom. The lowest BCUT2D eigenvalue weighted by Crippen LogP contribution is -2.36. The summed E-state index contributed by atoms with van der Waals surface area (Å²) in [4.78, 5) is 16.6. The molecule has 1 aromatic heterocycles. The average molecular weight is 392 g/mol. The highest BCUT2D eigenvalue weighted by molar-refractivity contribution is 5.76. The molecule has 0 saturated carbocycles. The molecule has 0 aliphatic carbocycles. The molecule has 8 heteroatoms. The summed E-state index contributed by atoms with van der Waals surface area (Å²) in [5, 5.41) is 3.62. The highest BCUT2D eigenvalue weighted by Crippen LogP contribution is 2.40. The predicted molar refractivity (Wildman–Crippen MR) is 97.7 cm³/mol. The lowest BCUT2D eigenvalue weighted by atomic mass is 9.86. The predicted octanol–water partition coefficient (Wildman–Crippen LogP) is 3.78. The van der Waals surface area contributed by atoms with E-state index in [9.17, 15) is 18.0 Å². The van der Waals surface area contributed by atoms with Crippen molar-refractivity contribution in [3.05, 3.63) is 53.3 Å². The van der Waals surface area contributed by atoms with Gasteiger partial charge in [0.15, 0.2) is 0 Å². The number of hydrogen-bond acceptors (Lipinski definition) is 3. The molecule has 1 spiro atoms. The number of halogens is 3. The van der Waals surface area contributed by atoms with Crippen LogP contribution in [0.15, 0.2) is 36.7 Å². The molecule has 1 atom stereocenters. The molecule has 0 bridgehead atoms. The van der Waals surface area contributed by atoms with Crippen LogP contribution in [0.2, 0.25) is 0 Å². The molecule has 150 valence electrons. The number of likely N-dealkylation sites (tertiary alicyclic amines) is 2. The van der Waals surface area contributed by atoms with Gasteiger partial charge in [0.05, 0.1) is 11.8 Å². The molecule has 1 aromatic carbocycles. The molecular weight excluding hydrogens is 369 g/mol. The van der Waals surface area contributed by atoms with E-state index in [2.05, 4.69) is 29.1 Å². The van der Waals surface area contributed by atoms with Crippen LogP contribution >= 0.6 is 0 Å². The van der Waals surface area contributed by atoms with Crippen LogP contribution in [0.4, 0.5) is 18.0 Å². The zero-order chi connectivity index (χ0) is 19.9. The van der Waals surface area contributed by atoms with Gasteiger partial charge in [0.1, 0.15) is 0 Å². The summed E-state index contributed by atoms with van der Waals surface area (Å²) in [6.45, 7) is 5.98. The maximum absolute atomic E-state index is 12.7. The van der Waals surface area contributed by atoms with Gasteiger partial charge in [0, 0.05) is 37.8 Å². The summed E-state index contributed by atoms with van der Waals surface area (Å²) in [6, 6.07) is 7.84. The summed E-state index contributed by atoms with van der Waals surface area (Å²) < 4.78 is 39.1. The molecule has 2 aromatic rings. The number of amides is 1. The first-order chi connectivity index (χ1) is 13.3. The van der Waals surface area contributed by atoms with Crippen LogP contribution in [0.25, 0.3) is 0 Å². The molecule has 2 aliphatic heterocycles. The van der Waals surface area contributed by atoms with Gasteiger partial charge in [-0.3, -0.25) is 4.90 Å². The number of carbonyl (C=O) groups excluding carboxylic acids is 1. The minimum atomic E-state index is -4.49. The molecule has 2 aliphatic rings.